The predicted octanol–water partition coefficient (Wildman–Crippen LogP) is 3.20. The molecule has 3 rings (SSSR count). The van der Waals surface area contributed by atoms with Crippen molar-refractivity contribution in [3.8, 4) is 0 Å². The van der Waals surface area contributed by atoms with E-state index in [9.17, 15) is 4.79 Å². The fraction of sp³-hybridized carbons (Fsp3) is 0.444. The van der Waals surface area contributed by atoms with Gasteiger partial charge in [-0.2, -0.15) is 0 Å². The van der Waals surface area contributed by atoms with Gasteiger partial charge in [-0.05, 0) is 38.8 Å². The Bertz CT molecular complexity index is 723. The van der Waals surface area contributed by atoms with Gasteiger partial charge in [0.05, 0.1) is 19.2 Å². The van der Waals surface area contributed by atoms with Crippen molar-refractivity contribution < 1.29 is 14.1 Å². The molecule has 1 aliphatic heterocycles. The largest absolute Gasteiger partial charge is 0.370 e. The van der Waals surface area contributed by atoms with Gasteiger partial charge >= 0.3 is 0 Å². The Balaban J connectivity index is 1.84. The first-order chi connectivity index (χ1) is 11.0. The summed E-state index contributed by atoms with van der Waals surface area (Å²) in [6.45, 7) is 8.95. The maximum atomic E-state index is 12.7. The highest BCUT2D eigenvalue weighted by Crippen LogP contribution is 2.28. The van der Waals surface area contributed by atoms with Gasteiger partial charge in [-0.3, -0.25) is 4.79 Å². The molecule has 1 amide bonds. The van der Waals surface area contributed by atoms with E-state index >= 15 is 0 Å². The van der Waals surface area contributed by atoms with Crippen LogP contribution in [0.1, 0.15) is 46.0 Å². The van der Waals surface area contributed by atoms with Gasteiger partial charge in [-0.1, -0.05) is 28.9 Å². The van der Waals surface area contributed by atoms with E-state index in [1.807, 2.05) is 11.8 Å². The minimum atomic E-state index is -0.108. The van der Waals surface area contributed by atoms with Crippen molar-refractivity contribution in [3.05, 3.63) is 52.4 Å². The second-order valence-electron chi connectivity index (χ2n) is 6.31. The van der Waals surface area contributed by atoms with E-state index in [4.69, 9.17) is 9.26 Å². The molecule has 0 aliphatic carbocycles. The van der Waals surface area contributed by atoms with E-state index in [0.29, 0.717) is 24.6 Å². The molecule has 5 heteroatoms. The molecule has 1 aromatic carbocycles. The number of ether oxygens (including phenoxy) is 1. The molecule has 2 aromatic rings. The first-order valence-electron chi connectivity index (χ1n) is 7.88. The standard InChI is InChI=1S/C18H22N2O3/c1-11-5-6-12(2)15(7-11)17-9-20(13(3)10-22-17)18(21)16-8-14(4)23-19-16/h5-8,13,17H,9-10H2,1-4H3/t13-,17-/m0/s1. The Morgan fingerprint density at radius 2 is 2.04 bits per heavy atom. The second kappa shape index (κ2) is 6.16. The van der Waals surface area contributed by atoms with E-state index in [0.717, 1.165) is 5.56 Å². The third kappa shape index (κ3) is 3.15. The number of morpholine rings is 1. The van der Waals surface area contributed by atoms with Crippen LogP contribution in [-0.2, 0) is 4.74 Å². The first kappa shape index (κ1) is 15.7. The van der Waals surface area contributed by atoms with Crippen LogP contribution in [0.5, 0.6) is 0 Å². The topological polar surface area (TPSA) is 55.6 Å². The Labute approximate surface area is 136 Å². The van der Waals surface area contributed by atoms with E-state index in [2.05, 4.69) is 37.2 Å². The van der Waals surface area contributed by atoms with Crippen LogP contribution in [0.15, 0.2) is 28.8 Å². The molecule has 2 heterocycles. The van der Waals surface area contributed by atoms with Gasteiger partial charge in [-0.15, -0.1) is 0 Å². The average Bonchev–Trinajstić information content (AvgIpc) is 2.96. The quantitative estimate of drug-likeness (QED) is 0.854. The molecule has 0 radical (unpaired) electrons. The molecule has 2 atom stereocenters. The van der Waals surface area contributed by atoms with Crippen LogP contribution in [0.25, 0.3) is 0 Å². The number of amides is 1. The minimum absolute atomic E-state index is 0.0147. The molecule has 23 heavy (non-hydrogen) atoms. The lowest BCUT2D eigenvalue weighted by atomic mass is 9.98. The first-order valence-corrected chi connectivity index (χ1v) is 7.88. The smallest absolute Gasteiger partial charge is 0.276 e. The van der Waals surface area contributed by atoms with E-state index in [1.165, 1.54) is 11.1 Å². The fourth-order valence-corrected chi connectivity index (χ4v) is 2.95. The Hall–Kier alpha value is -2.14. The summed E-state index contributed by atoms with van der Waals surface area (Å²) < 4.78 is 11.0. The summed E-state index contributed by atoms with van der Waals surface area (Å²) in [7, 11) is 0. The molecule has 1 aromatic heterocycles. The van der Waals surface area contributed by atoms with Crippen molar-refractivity contribution >= 4 is 5.91 Å². The number of rotatable bonds is 2. The summed E-state index contributed by atoms with van der Waals surface area (Å²) in [5, 5.41) is 3.85. The number of carbonyl (C=O) groups is 1. The van der Waals surface area contributed by atoms with Crippen LogP contribution < -0.4 is 0 Å². The molecule has 122 valence electrons. The normalized spacial score (nSPS) is 21.5. The van der Waals surface area contributed by atoms with E-state index < -0.39 is 0 Å². The van der Waals surface area contributed by atoms with Crippen molar-refractivity contribution in [1.82, 2.24) is 10.1 Å². The molecule has 0 unspecified atom stereocenters. The highest BCUT2D eigenvalue weighted by molar-refractivity contribution is 5.92. The van der Waals surface area contributed by atoms with Crippen LogP contribution >= 0.6 is 0 Å². The SMILES string of the molecule is Cc1ccc(C)c([C@@H]2CN(C(=O)c3cc(C)on3)[C@@H](C)CO2)c1. The van der Waals surface area contributed by atoms with Gasteiger partial charge in [0.2, 0.25) is 0 Å². The summed E-state index contributed by atoms with van der Waals surface area (Å²) in [4.78, 5) is 14.5. The Morgan fingerprint density at radius 3 is 2.74 bits per heavy atom. The molecular formula is C18H22N2O3. The van der Waals surface area contributed by atoms with Gasteiger partial charge in [0, 0.05) is 6.07 Å². The van der Waals surface area contributed by atoms with Gasteiger partial charge in [-0.25, -0.2) is 0 Å². The number of aryl methyl sites for hydroxylation is 3. The summed E-state index contributed by atoms with van der Waals surface area (Å²) >= 11 is 0. The van der Waals surface area contributed by atoms with Crippen molar-refractivity contribution in [3.63, 3.8) is 0 Å². The zero-order chi connectivity index (χ0) is 16.6. The number of hydrogen-bond acceptors (Lipinski definition) is 4. The third-order valence-corrected chi connectivity index (χ3v) is 4.32. The highest BCUT2D eigenvalue weighted by atomic mass is 16.5. The van der Waals surface area contributed by atoms with Crippen LogP contribution in [0, 0.1) is 20.8 Å². The zero-order valence-electron chi connectivity index (χ0n) is 14.0. The summed E-state index contributed by atoms with van der Waals surface area (Å²) in [6, 6.07) is 8.02. The lowest BCUT2D eigenvalue weighted by Gasteiger charge is -2.38. The molecule has 0 saturated carbocycles. The Kier molecular flexibility index (Phi) is 4.22. The average molecular weight is 314 g/mol. The monoisotopic (exact) mass is 314 g/mol. The van der Waals surface area contributed by atoms with Gasteiger partial charge in [0.1, 0.15) is 11.9 Å². The van der Waals surface area contributed by atoms with Crippen molar-refractivity contribution in [2.24, 2.45) is 0 Å². The molecule has 5 nitrogen and oxygen atoms in total. The predicted molar refractivity (Wildman–Crippen MR) is 86.3 cm³/mol. The second-order valence-corrected chi connectivity index (χ2v) is 6.31. The van der Waals surface area contributed by atoms with Crippen LogP contribution in [0.3, 0.4) is 0 Å². The zero-order valence-corrected chi connectivity index (χ0v) is 14.0. The number of hydrogen-bond donors (Lipinski definition) is 0. The van der Waals surface area contributed by atoms with Crippen LogP contribution in [0.2, 0.25) is 0 Å². The van der Waals surface area contributed by atoms with Gasteiger partial charge in [0.25, 0.3) is 5.91 Å². The minimum Gasteiger partial charge on any atom is -0.370 e. The lowest BCUT2D eigenvalue weighted by molar-refractivity contribution is -0.0492. The number of benzene rings is 1. The molecule has 1 fully saturated rings. The summed E-state index contributed by atoms with van der Waals surface area (Å²) in [6.07, 6.45) is -0.108. The maximum Gasteiger partial charge on any atom is 0.276 e. The maximum absolute atomic E-state index is 12.7. The summed E-state index contributed by atoms with van der Waals surface area (Å²) in [5.74, 6) is 0.535. The fourth-order valence-electron chi connectivity index (χ4n) is 2.95. The number of aromatic nitrogens is 1. The molecular weight excluding hydrogens is 292 g/mol. The van der Waals surface area contributed by atoms with Gasteiger partial charge in [0.15, 0.2) is 5.69 Å². The highest BCUT2D eigenvalue weighted by Gasteiger charge is 2.32. The van der Waals surface area contributed by atoms with Crippen molar-refractivity contribution in [1.29, 1.82) is 0 Å². The molecule has 0 spiro atoms. The van der Waals surface area contributed by atoms with E-state index in [1.54, 1.807) is 13.0 Å². The molecule has 1 saturated heterocycles. The lowest BCUT2D eigenvalue weighted by Crippen LogP contribution is -2.48. The molecule has 1 aliphatic rings. The Morgan fingerprint density at radius 1 is 1.26 bits per heavy atom. The number of carbonyl (C=O) groups excluding carboxylic acids is 1. The van der Waals surface area contributed by atoms with Crippen LogP contribution in [0.4, 0.5) is 0 Å². The third-order valence-electron chi connectivity index (χ3n) is 4.32. The number of nitrogens with zero attached hydrogens (tertiary/aromatic N) is 2. The van der Waals surface area contributed by atoms with Gasteiger partial charge < -0.3 is 14.2 Å². The van der Waals surface area contributed by atoms with Crippen LogP contribution in [-0.4, -0.2) is 35.2 Å². The summed E-state index contributed by atoms with van der Waals surface area (Å²) in [5.41, 5.74) is 3.87. The molecule has 0 bridgehead atoms. The van der Waals surface area contributed by atoms with Crippen molar-refractivity contribution in [2.45, 2.75) is 39.8 Å². The molecule has 0 N–H and O–H groups in total. The van der Waals surface area contributed by atoms with Crippen molar-refractivity contribution in [2.75, 3.05) is 13.2 Å². The van der Waals surface area contributed by atoms with E-state index in [-0.39, 0.29) is 18.1 Å².